The molecular formula is C37H72O4. The van der Waals surface area contributed by atoms with Gasteiger partial charge in [0.2, 0.25) is 0 Å². The molecular weight excluding hydrogens is 508 g/mol. The molecule has 0 aromatic heterocycles. The average molecular weight is 581 g/mol. The molecule has 41 heavy (non-hydrogen) atoms. The number of hydrogen-bond acceptors (Lipinski definition) is 4. The maximum Gasteiger partial charge on any atom is 0.305 e. The molecule has 4 heteroatoms. The molecule has 0 aromatic carbocycles. The number of rotatable bonds is 34. The summed E-state index contributed by atoms with van der Waals surface area (Å²) in [5.74, 6) is -0.362. The summed E-state index contributed by atoms with van der Waals surface area (Å²) in [6, 6.07) is 0. The van der Waals surface area contributed by atoms with Crippen molar-refractivity contribution in [3.63, 3.8) is 0 Å². The number of esters is 2. The van der Waals surface area contributed by atoms with Crippen LogP contribution in [0.2, 0.25) is 0 Å². The molecule has 0 aliphatic heterocycles. The van der Waals surface area contributed by atoms with Crippen molar-refractivity contribution in [2.45, 2.75) is 213 Å². The first-order valence-electron chi connectivity index (χ1n) is 18.5. The minimum absolute atomic E-state index is 0.181. The standard InChI is InChI=1S/C37H72O4/c1-3-5-7-9-11-13-15-17-19-21-23-25-27-29-34-40-36(38)32-31-33-37(39)41-35-30-28-26-24-22-20-18-16-14-12-10-8-6-4-2/h3-35H2,1-2H3. The lowest BCUT2D eigenvalue weighted by Crippen LogP contribution is -2.09. The lowest BCUT2D eigenvalue weighted by atomic mass is 10.0. The van der Waals surface area contributed by atoms with Crippen molar-refractivity contribution in [3.8, 4) is 0 Å². The number of carbonyl (C=O) groups excluding carboxylic acids is 2. The average Bonchev–Trinajstić information content (AvgIpc) is 2.97. The molecule has 0 radical (unpaired) electrons. The van der Waals surface area contributed by atoms with Crippen LogP contribution in [0, 0.1) is 0 Å². The fourth-order valence-corrected chi connectivity index (χ4v) is 5.49. The van der Waals surface area contributed by atoms with E-state index >= 15 is 0 Å². The molecule has 0 N–H and O–H groups in total. The third-order valence-electron chi connectivity index (χ3n) is 8.28. The lowest BCUT2D eigenvalue weighted by Gasteiger charge is -2.06. The maximum absolute atomic E-state index is 11.9. The summed E-state index contributed by atoms with van der Waals surface area (Å²) in [6.07, 6.45) is 38.2. The summed E-state index contributed by atoms with van der Waals surface area (Å²) < 4.78 is 10.7. The third-order valence-corrected chi connectivity index (χ3v) is 8.28. The molecule has 0 aliphatic rings. The third kappa shape index (κ3) is 35.0. The predicted octanol–water partition coefficient (Wildman–Crippen LogP) is 12.2. The molecule has 0 bridgehead atoms. The Morgan fingerprint density at radius 3 is 0.780 bits per heavy atom. The molecule has 4 nitrogen and oxygen atoms in total. The second-order valence-electron chi connectivity index (χ2n) is 12.5. The van der Waals surface area contributed by atoms with E-state index in [0.29, 0.717) is 32.5 Å². The van der Waals surface area contributed by atoms with Gasteiger partial charge in [0.1, 0.15) is 0 Å². The van der Waals surface area contributed by atoms with Crippen molar-refractivity contribution in [2.75, 3.05) is 13.2 Å². The number of carbonyl (C=O) groups is 2. The highest BCUT2D eigenvalue weighted by Crippen LogP contribution is 2.14. The van der Waals surface area contributed by atoms with Gasteiger partial charge in [0.15, 0.2) is 0 Å². The molecule has 0 spiro atoms. The summed E-state index contributed by atoms with van der Waals surface area (Å²) >= 11 is 0. The van der Waals surface area contributed by atoms with Crippen molar-refractivity contribution in [2.24, 2.45) is 0 Å². The van der Waals surface area contributed by atoms with E-state index in [1.807, 2.05) is 0 Å². The molecule has 0 unspecified atom stereocenters. The lowest BCUT2D eigenvalue weighted by molar-refractivity contribution is -0.145. The van der Waals surface area contributed by atoms with E-state index in [1.165, 1.54) is 154 Å². The molecule has 0 heterocycles. The first kappa shape index (κ1) is 39.9. The summed E-state index contributed by atoms with van der Waals surface area (Å²) in [5.41, 5.74) is 0. The topological polar surface area (TPSA) is 52.6 Å². The summed E-state index contributed by atoms with van der Waals surface area (Å²) in [7, 11) is 0. The van der Waals surface area contributed by atoms with Crippen LogP contribution in [0.4, 0.5) is 0 Å². The van der Waals surface area contributed by atoms with Gasteiger partial charge in [-0.05, 0) is 19.3 Å². The van der Waals surface area contributed by atoms with Gasteiger partial charge >= 0.3 is 11.9 Å². The van der Waals surface area contributed by atoms with Gasteiger partial charge in [0.25, 0.3) is 0 Å². The van der Waals surface area contributed by atoms with Crippen LogP contribution < -0.4 is 0 Å². The van der Waals surface area contributed by atoms with Gasteiger partial charge in [0, 0.05) is 12.8 Å². The van der Waals surface area contributed by atoms with Crippen LogP contribution in [0.3, 0.4) is 0 Å². The maximum atomic E-state index is 11.9. The Bertz CT molecular complexity index is 487. The van der Waals surface area contributed by atoms with Crippen molar-refractivity contribution < 1.29 is 19.1 Å². The Kier molecular flexibility index (Phi) is 34.2. The molecule has 0 fully saturated rings. The quantitative estimate of drug-likeness (QED) is 0.0561. The zero-order valence-corrected chi connectivity index (χ0v) is 28.0. The predicted molar refractivity (Wildman–Crippen MR) is 176 cm³/mol. The van der Waals surface area contributed by atoms with Crippen LogP contribution in [0.5, 0.6) is 0 Å². The fraction of sp³-hybridized carbons (Fsp3) is 0.946. The molecule has 244 valence electrons. The van der Waals surface area contributed by atoms with Crippen LogP contribution in [0.25, 0.3) is 0 Å². The van der Waals surface area contributed by atoms with Gasteiger partial charge in [-0.25, -0.2) is 0 Å². The Balaban J connectivity index is 3.26. The fourth-order valence-electron chi connectivity index (χ4n) is 5.49. The van der Waals surface area contributed by atoms with Crippen molar-refractivity contribution in [1.82, 2.24) is 0 Å². The first-order valence-corrected chi connectivity index (χ1v) is 18.5. The van der Waals surface area contributed by atoms with Crippen LogP contribution in [-0.2, 0) is 19.1 Å². The normalized spacial score (nSPS) is 11.2. The highest BCUT2D eigenvalue weighted by Gasteiger charge is 2.07. The largest absolute Gasteiger partial charge is 0.466 e. The van der Waals surface area contributed by atoms with Crippen molar-refractivity contribution >= 4 is 11.9 Å². The Morgan fingerprint density at radius 1 is 0.317 bits per heavy atom. The van der Waals surface area contributed by atoms with Gasteiger partial charge in [-0.2, -0.15) is 0 Å². The highest BCUT2D eigenvalue weighted by atomic mass is 16.5. The smallest absolute Gasteiger partial charge is 0.305 e. The Morgan fingerprint density at radius 2 is 0.537 bits per heavy atom. The highest BCUT2D eigenvalue weighted by molar-refractivity contribution is 5.72. The van der Waals surface area contributed by atoms with E-state index in [9.17, 15) is 9.59 Å². The van der Waals surface area contributed by atoms with E-state index in [0.717, 1.165) is 25.7 Å². The van der Waals surface area contributed by atoms with E-state index in [4.69, 9.17) is 9.47 Å². The SMILES string of the molecule is CCCCCCCCCCCCCCCCOC(=O)CCCC(=O)OCCCCCCCCCCCCCCCC. The zero-order valence-electron chi connectivity index (χ0n) is 28.0. The van der Waals surface area contributed by atoms with Gasteiger partial charge in [-0.3, -0.25) is 9.59 Å². The minimum Gasteiger partial charge on any atom is -0.466 e. The van der Waals surface area contributed by atoms with Gasteiger partial charge < -0.3 is 9.47 Å². The van der Waals surface area contributed by atoms with Crippen LogP contribution in [0.1, 0.15) is 213 Å². The summed E-state index contributed by atoms with van der Waals surface area (Å²) in [5, 5.41) is 0. The molecule has 0 atom stereocenters. The molecule has 0 amide bonds. The van der Waals surface area contributed by atoms with Crippen molar-refractivity contribution in [3.05, 3.63) is 0 Å². The van der Waals surface area contributed by atoms with Gasteiger partial charge in [0.05, 0.1) is 13.2 Å². The van der Waals surface area contributed by atoms with E-state index in [-0.39, 0.29) is 11.9 Å². The van der Waals surface area contributed by atoms with E-state index in [1.54, 1.807) is 0 Å². The molecule has 0 rings (SSSR count). The van der Waals surface area contributed by atoms with Crippen molar-refractivity contribution in [1.29, 1.82) is 0 Å². The number of hydrogen-bond donors (Lipinski definition) is 0. The van der Waals surface area contributed by atoms with Crippen LogP contribution in [0.15, 0.2) is 0 Å². The summed E-state index contributed by atoms with van der Waals surface area (Å²) in [4.78, 5) is 23.8. The molecule has 0 aromatic rings. The van der Waals surface area contributed by atoms with Gasteiger partial charge in [-0.1, -0.05) is 181 Å². The summed E-state index contributed by atoms with van der Waals surface area (Å²) in [6.45, 7) is 5.58. The molecule has 0 saturated carbocycles. The minimum atomic E-state index is -0.181. The second-order valence-corrected chi connectivity index (χ2v) is 12.5. The number of ether oxygens (including phenoxy) is 2. The Labute approximate surface area is 256 Å². The van der Waals surface area contributed by atoms with Gasteiger partial charge in [-0.15, -0.1) is 0 Å². The van der Waals surface area contributed by atoms with E-state index in [2.05, 4.69) is 13.8 Å². The molecule has 0 saturated heterocycles. The first-order chi connectivity index (χ1) is 20.2. The Hall–Kier alpha value is -1.06. The number of unbranched alkanes of at least 4 members (excludes halogenated alkanes) is 26. The van der Waals surface area contributed by atoms with Crippen LogP contribution >= 0.6 is 0 Å². The van der Waals surface area contributed by atoms with Crippen LogP contribution in [-0.4, -0.2) is 25.2 Å². The molecule has 0 aliphatic carbocycles. The van der Waals surface area contributed by atoms with E-state index < -0.39 is 0 Å². The second kappa shape index (κ2) is 35.1. The monoisotopic (exact) mass is 581 g/mol. The zero-order chi connectivity index (χ0) is 29.9.